The molecule has 100 valence electrons. The van der Waals surface area contributed by atoms with E-state index in [9.17, 15) is 0 Å². The van der Waals surface area contributed by atoms with Crippen LogP contribution < -0.4 is 5.73 Å². The van der Waals surface area contributed by atoms with Crippen molar-refractivity contribution < 1.29 is 0 Å². The van der Waals surface area contributed by atoms with E-state index in [2.05, 4.69) is 6.92 Å². The van der Waals surface area contributed by atoms with Crippen molar-refractivity contribution in [3.05, 3.63) is 0 Å². The highest BCUT2D eigenvalue weighted by atomic mass is 14.7. The molecule has 0 bridgehead atoms. The molecular formula is C16H31N. The molecule has 1 nitrogen and oxygen atoms in total. The number of rotatable bonds is 4. The Morgan fingerprint density at radius 1 is 0.765 bits per heavy atom. The molecule has 2 N–H and O–H groups in total. The minimum absolute atomic E-state index is 0.115. The summed E-state index contributed by atoms with van der Waals surface area (Å²) < 4.78 is 0. The van der Waals surface area contributed by atoms with Gasteiger partial charge >= 0.3 is 0 Å². The zero-order chi connectivity index (χ0) is 12.1. The normalized spacial score (nSPS) is 25.1. The quantitative estimate of drug-likeness (QED) is 0.757. The summed E-state index contributed by atoms with van der Waals surface area (Å²) in [7, 11) is 0. The fraction of sp³-hybridized carbons (Fsp3) is 1.00. The maximum absolute atomic E-state index is 6.58. The van der Waals surface area contributed by atoms with Gasteiger partial charge in [0.1, 0.15) is 0 Å². The van der Waals surface area contributed by atoms with Crippen LogP contribution in [0.25, 0.3) is 0 Å². The van der Waals surface area contributed by atoms with Gasteiger partial charge in [0, 0.05) is 5.54 Å². The van der Waals surface area contributed by atoms with Gasteiger partial charge in [-0.3, -0.25) is 0 Å². The molecule has 0 aromatic carbocycles. The topological polar surface area (TPSA) is 26.0 Å². The number of nitrogens with two attached hydrogens (primary N) is 1. The van der Waals surface area contributed by atoms with Gasteiger partial charge in [0.2, 0.25) is 0 Å². The molecule has 1 heteroatoms. The molecule has 0 heterocycles. The Hall–Kier alpha value is -0.0400. The van der Waals surface area contributed by atoms with Crippen LogP contribution in [0.2, 0.25) is 0 Å². The molecular weight excluding hydrogens is 206 g/mol. The minimum atomic E-state index is 0.115. The highest BCUT2D eigenvalue weighted by Gasteiger charge is 2.28. The summed E-state index contributed by atoms with van der Waals surface area (Å²) in [6.45, 7) is 2.32. The summed E-state index contributed by atoms with van der Waals surface area (Å²) in [5.41, 5.74) is 6.69. The lowest BCUT2D eigenvalue weighted by Crippen LogP contribution is -2.41. The van der Waals surface area contributed by atoms with Crippen molar-refractivity contribution in [1.82, 2.24) is 0 Å². The monoisotopic (exact) mass is 237 g/mol. The second kappa shape index (κ2) is 6.22. The molecule has 2 rings (SSSR count). The second-order valence-corrected chi connectivity index (χ2v) is 7.07. The van der Waals surface area contributed by atoms with Gasteiger partial charge in [-0.05, 0) is 31.6 Å². The summed E-state index contributed by atoms with van der Waals surface area (Å²) in [6, 6.07) is 0. The molecule has 0 aromatic heterocycles. The Balaban J connectivity index is 1.75. The Kier molecular flexibility index (Phi) is 4.90. The van der Waals surface area contributed by atoms with Crippen molar-refractivity contribution in [2.24, 2.45) is 17.6 Å². The maximum Gasteiger partial charge on any atom is 0.0131 e. The first-order valence-electron chi connectivity index (χ1n) is 7.95. The first-order chi connectivity index (χ1) is 8.16. The summed E-state index contributed by atoms with van der Waals surface area (Å²) in [6.07, 6.45) is 17.0. The molecule has 2 saturated carbocycles. The first-order valence-corrected chi connectivity index (χ1v) is 7.95. The van der Waals surface area contributed by atoms with E-state index in [0.29, 0.717) is 0 Å². The van der Waals surface area contributed by atoms with E-state index < -0.39 is 0 Å². The molecule has 0 saturated heterocycles. The fourth-order valence-electron chi connectivity index (χ4n) is 4.18. The highest BCUT2D eigenvalue weighted by Crippen LogP contribution is 2.35. The molecule has 17 heavy (non-hydrogen) atoms. The fourth-order valence-corrected chi connectivity index (χ4v) is 4.18. The van der Waals surface area contributed by atoms with E-state index >= 15 is 0 Å². The van der Waals surface area contributed by atoms with Crippen LogP contribution in [0, 0.1) is 11.8 Å². The number of hydrogen-bond acceptors (Lipinski definition) is 1. The lowest BCUT2D eigenvalue weighted by Gasteiger charge is -2.35. The van der Waals surface area contributed by atoms with Gasteiger partial charge in [-0.15, -0.1) is 0 Å². The van der Waals surface area contributed by atoms with E-state index in [-0.39, 0.29) is 5.54 Å². The van der Waals surface area contributed by atoms with Crippen molar-refractivity contribution >= 4 is 0 Å². The van der Waals surface area contributed by atoms with Crippen LogP contribution in [0.15, 0.2) is 0 Å². The van der Waals surface area contributed by atoms with Crippen LogP contribution in [0.1, 0.15) is 84.0 Å². The third-order valence-electron chi connectivity index (χ3n) is 4.96. The Morgan fingerprint density at radius 3 is 1.47 bits per heavy atom. The van der Waals surface area contributed by atoms with Crippen molar-refractivity contribution in [2.45, 2.75) is 89.5 Å². The standard InChI is InChI=1S/C16H31N/c1-16(17,12-14-8-4-2-5-9-14)13-15-10-6-3-7-11-15/h14-15H,2-13,17H2,1H3. The maximum atomic E-state index is 6.58. The van der Waals surface area contributed by atoms with Gasteiger partial charge in [-0.1, -0.05) is 64.2 Å². The molecule has 0 spiro atoms. The lowest BCUT2D eigenvalue weighted by molar-refractivity contribution is 0.212. The van der Waals surface area contributed by atoms with E-state index in [1.807, 2.05) is 0 Å². The molecule has 2 aliphatic carbocycles. The molecule has 0 aromatic rings. The van der Waals surface area contributed by atoms with Crippen molar-refractivity contribution in [3.8, 4) is 0 Å². The van der Waals surface area contributed by atoms with Crippen LogP contribution in [0.3, 0.4) is 0 Å². The summed E-state index contributed by atoms with van der Waals surface area (Å²) in [5, 5.41) is 0. The van der Waals surface area contributed by atoms with Crippen LogP contribution in [0.5, 0.6) is 0 Å². The van der Waals surface area contributed by atoms with Crippen molar-refractivity contribution in [1.29, 1.82) is 0 Å². The van der Waals surface area contributed by atoms with Crippen molar-refractivity contribution in [2.75, 3.05) is 0 Å². The first kappa shape index (κ1) is 13.4. The smallest absolute Gasteiger partial charge is 0.0131 e. The van der Waals surface area contributed by atoms with E-state index in [0.717, 1.165) is 11.8 Å². The average Bonchev–Trinajstić information content (AvgIpc) is 2.30. The van der Waals surface area contributed by atoms with Crippen LogP contribution in [0.4, 0.5) is 0 Å². The Bertz CT molecular complexity index is 188. The second-order valence-electron chi connectivity index (χ2n) is 7.07. The van der Waals surface area contributed by atoms with Gasteiger partial charge in [0.05, 0.1) is 0 Å². The zero-order valence-electron chi connectivity index (χ0n) is 11.7. The third-order valence-corrected chi connectivity index (χ3v) is 4.96. The molecule has 2 aliphatic rings. The highest BCUT2D eigenvalue weighted by molar-refractivity contribution is 4.86. The lowest BCUT2D eigenvalue weighted by atomic mass is 9.74. The van der Waals surface area contributed by atoms with E-state index in [4.69, 9.17) is 5.73 Å². The molecule has 0 unspecified atom stereocenters. The Morgan fingerprint density at radius 2 is 1.12 bits per heavy atom. The Labute approximate surface area is 108 Å². The van der Waals surface area contributed by atoms with Gasteiger partial charge in [-0.25, -0.2) is 0 Å². The van der Waals surface area contributed by atoms with Crippen LogP contribution in [-0.4, -0.2) is 5.54 Å². The molecule has 0 aliphatic heterocycles. The van der Waals surface area contributed by atoms with Crippen LogP contribution >= 0.6 is 0 Å². The predicted molar refractivity (Wildman–Crippen MR) is 75.0 cm³/mol. The molecule has 0 radical (unpaired) electrons. The number of hydrogen-bond donors (Lipinski definition) is 1. The SMILES string of the molecule is CC(N)(CC1CCCCC1)CC1CCCCC1. The van der Waals surface area contributed by atoms with E-state index in [1.54, 1.807) is 0 Å². The molecule has 2 fully saturated rings. The summed E-state index contributed by atoms with van der Waals surface area (Å²) in [4.78, 5) is 0. The van der Waals surface area contributed by atoms with Gasteiger partial charge in [-0.2, -0.15) is 0 Å². The third kappa shape index (κ3) is 4.62. The molecule has 0 atom stereocenters. The molecule has 0 amide bonds. The summed E-state index contributed by atoms with van der Waals surface area (Å²) >= 11 is 0. The predicted octanol–water partition coefficient (Wildman–Crippen LogP) is 4.64. The zero-order valence-corrected chi connectivity index (χ0v) is 11.7. The van der Waals surface area contributed by atoms with Gasteiger partial charge in [0.15, 0.2) is 0 Å². The minimum Gasteiger partial charge on any atom is -0.325 e. The van der Waals surface area contributed by atoms with Crippen LogP contribution in [-0.2, 0) is 0 Å². The van der Waals surface area contributed by atoms with Crippen molar-refractivity contribution in [3.63, 3.8) is 0 Å². The van der Waals surface area contributed by atoms with E-state index in [1.165, 1.54) is 77.0 Å². The van der Waals surface area contributed by atoms with Gasteiger partial charge in [0.25, 0.3) is 0 Å². The largest absolute Gasteiger partial charge is 0.325 e. The average molecular weight is 237 g/mol. The summed E-state index contributed by atoms with van der Waals surface area (Å²) in [5.74, 6) is 1.87. The van der Waals surface area contributed by atoms with Gasteiger partial charge < -0.3 is 5.73 Å².